The fourth-order valence-electron chi connectivity index (χ4n) is 2.58. The Morgan fingerprint density at radius 1 is 1.37 bits per heavy atom. The Balaban J connectivity index is 1.88. The smallest absolute Gasteiger partial charge is 0.226 e. The first-order valence-electron chi connectivity index (χ1n) is 6.78. The molecule has 0 saturated carbocycles. The van der Waals surface area contributed by atoms with Gasteiger partial charge in [0.05, 0.1) is 6.42 Å². The Morgan fingerprint density at radius 2 is 2.05 bits per heavy atom. The first-order valence-corrected chi connectivity index (χ1v) is 6.78. The number of aromatic hydroxyl groups is 1. The van der Waals surface area contributed by atoms with Crippen LogP contribution in [0.15, 0.2) is 24.3 Å². The lowest BCUT2D eigenvalue weighted by Gasteiger charge is -2.35. The molecule has 0 radical (unpaired) electrons. The van der Waals surface area contributed by atoms with Crippen molar-refractivity contribution in [3.8, 4) is 5.75 Å². The van der Waals surface area contributed by atoms with E-state index in [1.165, 1.54) is 0 Å². The number of hydrogen-bond donors (Lipinski definition) is 1. The van der Waals surface area contributed by atoms with Crippen molar-refractivity contribution in [3.05, 3.63) is 29.8 Å². The number of rotatable bonds is 3. The van der Waals surface area contributed by atoms with Crippen LogP contribution >= 0.6 is 0 Å². The average molecular weight is 262 g/mol. The Hall–Kier alpha value is -1.55. The second kappa shape index (κ2) is 6.06. The molecule has 104 valence electrons. The van der Waals surface area contributed by atoms with E-state index in [1.807, 2.05) is 11.0 Å². The summed E-state index contributed by atoms with van der Waals surface area (Å²) in [6.07, 6.45) is 2.46. The Morgan fingerprint density at radius 3 is 2.63 bits per heavy atom. The largest absolute Gasteiger partial charge is 0.508 e. The van der Waals surface area contributed by atoms with Gasteiger partial charge >= 0.3 is 0 Å². The number of piperidine rings is 1. The van der Waals surface area contributed by atoms with Crippen LogP contribution in [0.1, 0.15) is 18.4 Å². The minimum atomic E-state index is 0.155. The quantitative estimate of drug-likeness (QED) is 0.897. The molecular weight excluding hydrogens is 240 g/mol. The van der Waals surface area contributed by atoms with E-state index >= 15 is 0 Å². The number of amides is 1. The highest BCUT2D eigenvalue weighted by Gasteiger charge is 2.23. The van der Waals surface area contributed by atoms with Gasteiger partial charge in [-0.25, -0.2) is 0 Å². The fourth-order valence-corrected chi connectivity index (χ4v) is 2.58. The maximum atomic E-state index is 12.2. The average Bonchev–Trinajstić information content (AvgIpc) is 2.39. The summed E-state index contributed by atoms with van der Waals surface area (Å²) in [4.78, 5) is 16.4. The number of likely N-dealkylation sites (tertiary alicyclic amines) is 1. The second-order valence-electron chi connectivity index (χ2n) is 5.42. The molecule has 1 amide bonds. The van der Waals surface area contributed by atoms with E-state index in [1.54, 1.807) is 18.2 Å². The van der Waals surface area contributed by atoms with Crippen LogP contribution in [0.5, 0.6) is 5.75 Å². The lowest BCUT2D eigenvalue weighted by molar-refractivity contribution is -0.131. The molecule has 1 heterocycles. The van der Waals surface area contributed by atoms with Crippen molar-refractivity contribution in [2.45, 2.75) is 25.3 Å². The second-order valence-corrected chi connectivity index (χ2v) is 5.42. The van der Waals surface area contributed by atoms with Crippen LogP contribution in [-0.2, 0) is 11.2 Å². The van der Waals surface area contributed by atoms with Crippen LogP contribution < -0.4 is 0 Å². The van der Waals surface area contributed by atoms with Crippen molar-refractivity contribution < 1.29 is 9.90 Å². The molecule has 0 atom stereocenters. The van der Waals surface area contributed by atoms with Crippen LogP contribution in [0.3, 0.4) is 0 Å². The minimum absolute atomic E-state index is 0.155. The number of carbonyl (C=O) groups excluding carboxylic acids is 1. The summed E-state index contributed by atoms with van der Waals surface area (Å²) in [6.45, 7) is 1.67. The van der Waals surface area contributed by atoms with E-state index in [4.69, 9.17) is 0 Å². The van der Waals surface area contributed by atoms with Gasteiger partial charge in [0.15, 0.2) is 0 Å². The maximum absolute atomic E-state index is 12.2. The molecule has 4 nitrogen and oxygen atoms in total. The summed E-state index contributed by atoms with van der Waals surface area (Å²) in [5.41, 5.74) is 0.875. The minimum Gasteiger partial charge on any atom is -0.508 e. The van der Waals surface area contributed by atoms with E-state index < -0.39 is 0 Å². The van der Waals surface area contributed by atoms with Gasteiger partial charge in [0.2, 0.25) is 5.91 Å². The number of carbonyl (C=O) groups is 1. The molecule has 1 N–H and O–H groups in total. The number of benzene rings is 1. The van der Waals surface area contributed by atoms with Crippen LogP contribution in [-0.4, -0.2) is 54.0 Å². The van der Waals surface area contributed by atoms with E-state index in [9.17, 15) is 9.90 Å². The molecule has 0 aliphatic carbocycles. The fraction of sp³-hybridized carbons (Fsp3) is 0.533. The summed E-state index contributed by atoms with van der Waals surface area (Å²) in [5.74, 6) is 0.374. The third-order valence-corrected chi connectivity index (χ3v) is 3.81. The zero-order chi connectivity index (χ0) is 13.8. The molecule has 0 aromatic heterocycles. The molecule has 1 aromatic carbocycles. The van der Waals surface area contributed by atoms with Crippen molar-refractivity contribution in [1.29, 1.82) is 0 Å². The molecule has 4 heteroatoms. The number of phenols is 1. The van der Waals surface area contributed by atoms with E-state index in [0.717, 1.165) is 31.5 Å². The van der Waals surface area contributed by atoms with Crippen LogP contribution in [0.25, 0.3) is 0 Å². The van der Waals surface area contributed by atoms with Crippen LogP contribution in [0, 0.1) is 0 Å². The number of hydrogen-bond acceptors (Lipinski definition) is 3. The summed E-state index contributed by atoms with van der Waals surface area (Å²) in [5, 5.41) is 9.40. The van der Waals surface area contributed by atoms with Crippen molar-refractivity contribution in [2.24, 2.45) is 0 Å². The molecule has 0 bridgehead atoms. The summed E-state index contributed by atoms with van der Waals surface area (Å²) < 4.78 is 0. The molecule has 1 fully saturated rings. The van der Waals surface area contributed by atoms with E-state index in [2.05, 4.69) is 19.0 Å². The zero-order valence-electron chi connectivity index (χ0n) is 11.7. The summed E-state index contributed by atoms with van der Waals surface area (Å²) in [6, 6.07) is 7.52. The normalized spacial score (nSPS) is 16.9. The Kier molecular flexibility index (Phi) is 4.43. The zero-order valence-corrected chi connectivity index (χ0v) is 11.7. The monoisotopic (exact) mass is 262 g/mol. The third kappa shape index (κ3) is 3.70. The van der Waals surface area contributed by atoms with Crippen molar-refractivity contribution >= 4 is 5.91 Å². The molecule has 1 aliphatic heterocycles. The number of phenolic OH excluding ortho intramolecular Hbond substituents is 1. The van der Waals surface area contributed by atoms with Gasteiger partial charge in [0.1, 0.15) is 5.75 Å². The first kappa shape index (κ1) is 13.9. The maximum Gasteiger partial charge on any atom is 0.226 e. The van der Waals surface area contributed by atoms with Gasteiger partial charge in [-0.05, 0) is 44.6 Å². The molecule has 0 spiro atoms. The van der Waals surface area contributed by atoms with Crippen LogP contribution in [0.4, 0.5) is 0 Å². The SMILES string of the molecule is CN(C)C1CCN(C(=O)Cc2cccc(O)c2)CC1. The van der Waals surface area contributed by atoms with E-state index in [0.29, 0.717) is 12.5 Å². The lowest BCUT2D eigenvalue weighted by Crippen LogP contribution is -2.44. The topological polar surface area (TPSA) is 43.8 Å². The molecule has 1 saturated heterocycles. The summed E-state index contributed by atoms with van der Waals surface area (Å²) >= 11 is 0. The molecule has 0 unspecified atom stereocenters. The van der Waals surface area contributed by atoms with Crippen molar-refractivity contribution in [1.82, 2.24) is 9.80 Å². The molecular formula is C15H22N2O2. The van der Waals surface area contributed by atoms with E-state index in [-0.39, 0.29) is 11.7 Å². The van der Waals surface area contributed by atoms with Gasteiger partial charge in [0.25, 0.3) is 0 Å². The molecule has 1 aromatic rings. The highest BCUT2D eigenvalue weighted by Crippen LogP contribution is 2.17. The predicted molar refractivity (Wildman–Crippen MR) is 75.1 cm³/mol. The van der Waals surface area contributed by atoms with Gasteiger partial charge in [-0.2, -0.15) is 0 Å². The molecule has 1 aliphatic rings. The van der Waals surface area contributed by atoms with Gasteiger partial charge in [-0.15, -0.1) is 0 Å². The summed E-state index contributed by atoms with van der Waals surface area (Å²) in [7, 11) is 4.18. The van der Waals surface area contributed by atoms with Crippen LogP contribution in [0.2, 0.25) is 0 Å². The standard InChI is InChI=1S/C15H22N2O2/c1-16(2)13-6-8-17(9-7-13)15(19)11-12-4-3-5-14(18)10-12/h3-5,10,13,18H,6-9,11H2,1-2H3. The lowest BCUT2D eigenvalue weighted by atomic mass is 10.0. The van der Waals surface area contributed by atoms with Gasteiger partial charge < -0.3 is 14.9 Å². The molecule has 19 heavy (non-hydrogen) atoms. The number of nitrogens with zero attached hydrogens (tertiary/aromatic N) is 2. The van der Waals surface area contributed by atoms with Gasteiger partial charge in [-0.1, -0.05) is 12.1 Å². The Labute approximate surface area is 114 Å². The van der Waals surface area contributed by atoms with Crippen molar-refractivity contribution in [3.63, 3.8) is 0 Å². The van der Waals surface area contributed by atoms with Gasteiger partial charge in [-0.3, -0.25) is 4.79 Å². The first-order chi connectivity index (χ1) is 9.06. The third-order valence-electron chi connectivity index (χ3n) is 3.81. The molecule has 2 rings (SSSR count). The highest BCUT2D eigenvalue weighted by molar-refractivity contribution is 5.79. The predicted octanol–water partition coefficient (Wildman–Crippen LogP) is 1.49. The van der Waals surface area contributed by atoms with Crippen molar-refractivity contribution in [2.75, 3.05) is 27.2 Å². The highest BCUT2D eigenvalue weighted by atomic mass is 16.3. The van der Waals surface area contributed by atoms with Gasteiger partial charge in [0, 0.05) is 19.1 Å². The Bertz CT molecular complexity index is 438.